The lowest BCUT2D eigenvalue weighted by Gasteiger charge is -2.20. The predicted octanol–water partition coefficient (Wildman–Crippen LogP) is 2.81. The molecule has 3 rings (SSSR count). The van der Waals surface area contributed by atoms with Gasteiger partial charge in [-0.25, -0.2) is 4.98 Å². The summed E-state index contributed by atoms with van der Waals surface area (Å²) in [5.41, 5.74) is 0.945. The molecule has 1 aliphatic rings. The topological polar surface area (TPSA) is 54.0 Å². The van der Waals surface area contributed by atoms with E-state index in [-0.39, 0.29) is 11.8 Å². The molecule has 0 radical (unpaired) electrons. The molecule has 0 spiro atoms. The molecule has 0 aromatic carbocycles. The number of amides is 1. The molecule has 0 saturated carbocycles. The van der Waals surface area contributed by atoms with Crippen LogP contribution in [0.1, 0.15) is 12.8 Å². The van der Waals surface area contributed by atoms with E-state index in [0.29, 0.717) is 5.13 Å². The number of rotatable bonds is 3. The van der Waals surface area contributed by atoms with E-state index in [1.807, 2.05) is 22.9 Å². The lowest BCUT2D eigenvalue weighted by Crippen LogP contribution is -2.34. The van der Waals surface area contributed by atoms with Gasteiger partial charge in [-0.3, -0.25) is 4.79 Å². The first kappa shape index (κ1) is 12.8. The van der Waals surface area contributed by atoms with Crippen molar-refractivity contribution >= 4 is 33.7 Å². The lowest BCUT2D eigenvalue weighted by molar-refractivity contribution is -0.120. The maximum absolute atomic E-state index is 12.1. The fourth-order valence-corrected chi connectivity index (χ4v) is 3.63. The van der Waals surface area contributed by atoms with Crippen molar-refractivity contribution in [3.63, 3.8) is 0 Å². The van der Waals surface area contributed by atoms with Crippen molar-refractivity contribution in [1.29, 1.82) is 0 Å². The van der Waals surface area contributed by atoms with Gasteiger partial charge in [-0.2, -0.15) is 0 Å². The quantitative estimate of drug-likeness (QED) is 0.915. The van der Waals surface area contributed by atoms with E-state index in [1.165, 1.54) is 11.3 Å². The molecule has 0 unspecified atom stereocenters. The minimum Gasteiger partial charge on any atom is -0.317 e. The number of thiazole rings is 1. The highest BCUT2D eigenvalue weighted by molar-refractivity contribution is 7.16. The molecule has 3 heterocycles. The molecular formula is C13H15N3OS2. The Balaban J connectivity index is 1.65. The van der Waals surface area contributed by atoms with Gasteiger partial charge in [-0.05, 0) is 37.4 Å². The third kappa shape index (κ3) is 3.02. The summed E-state index contributed by atoms with van der Waals surface area (Å²) in [5.74, 6) is 0.226. The zero-order valence-electron chi connectivity index (χ0n) is 10.4. The second-order valence-corrected chi connectivity index (χ2v) is 6.33. The van der Waals surface area contributed by atoms with Gasteiger partial charge in [0.15, 0.2) is 5.13 Å². The van der Waals surface area contributed by atoms with Gasteiger partial charge in [0.2, 0.25) is 5.91 Å². The molecule has 0 bridgehead atoms. The largest absolute Gasteiger partial charge is 0.317 e. The zero-order valence-corrected chi connectivity index (χ0v) is 12.0. The van der Waals surface area contributed by atoms with E-state index in [4.69, 9.17) is 0 Å². The van der Waals surface area contributed by atoms with Crippen LogP contribution in [0.5, 0.6) is 0 Å². The fraction of sp³-hybridized carbons (Fsp3) is 0.385. The normalized spacial score (nSPS) is 16.4. The van der Waals surface area contributed by atoms with E-state index < -0.39 is 0 Å². The van der Waals surface area contributed by atoms with Crippen molar-refractivity contribution in [2.75, 3.05) is 18.4 Å². The Hall–Kier alpha value is -1.24. The molecule has 100 valence electrons. The Morgan fingerprint density at radius 1 is 1.37 bits per heavy atom. The highest BCUT2D eigenvalue weighted by Gasteiger charge is 2.21. The van der Waals surface area contributed by atoms with Crippen LogP contribution in [-0.2, 0) is 4.79 Å². The van der Waals surface area contributed by atoms with Gasteiger partial charge in [0, 0.05) is 11.3 Å². The van der Waals surface area contributed by atoms with E-state index in [9.17, 15) is 4.79 Å². The van der Waals surface area contributed by atoms with E-state index >= 15 is 0 Å². The van der Waals surface area contributed by atoms with Crippen LogP contribution in [0.15, 0.2) is 22.9 Å². The maximum atomic E-state index is 12.1. The van der Waals surface area contributed by atoms with Crippen molar-refractivity contribution in [3.8, 4) is 10.6 Å². The van der Waals surface area contributed by atoms with Crippen LogP contribution in [-0.4, -0.2) is 24.0 Å². The van der Waals surface area contributed by atoms with Gasteiger partial charge in [-0.15, -0.1) is 22.7 Å². The van der Waals surface area contributed by atoms with Crippen LogP contribution in [0, 0.1) is 5.92 Å². The predicted molar refractivity (Wildman–Crippen MR) is 79.7 cm³/mol. The minimum atomic E-state index is 0.105. The molecule has 2 aromatic heterocycles. The standard InChI is InChI=1S/C13H15N3OS2/c17-12(9-3-5-14-6-4-9)16-13-15-10(8-19-13)11-2-1-7-18-11/h1-2,7-9,14H,3-6H2,(H,15,16,17). The molecule has 2 aromatic rings. The number of hydrogen-bond acceptors (Lipinski definition) is 5. The molecule has 19 heavy (non-hydrogen) atoms. The summed E-state index contributed by atoms with van der Waals surface area (Å²) < 4.78 is 0. The molecular weight excluding hydrogens is 278 g/mol. The first-order chi connectivity index (χ1) is 9.33. The van der Waals surface area contributed by atoms with Crippen molar-refractivity contribution < 1.29 is 4.79 Å². The minimum absolute atomic E-state index is 0.105. The summed E-state index contributed by atoms with van der Waals surface area (Å²) >= 11 is 3.15. The number of hydrogen-bond donors (Lipinski definition) is 2. The SMILES string of the molecule is O=C(Nc1nc(-c2cccs2)cs1)C1CCNCC1. The number of anilines is 1. The van der Waals surface area contributed by atoms with E-state index in [0.717, 1.165) is 36.5 Å². The average Bonchev–Trinajstić information content (AvgIpc) is 3.10. The Morgan fingerprint density at radius 3 is 2.95 bits per heavy atom. The summed E-state index contributed by atoms with van der Waals surface area (Å²) in [6, 6.07) is 4.05. The van der Waals surface area contributed by atoms with Gasteiger partial charge in [-0.1, -0.05) is 6.07 Å². The number of carbonyl (C=O) groups is 1. The van der Waals surface area contributed by atoms with E-state index in [1.54, 1.807) is 11.3 Å². The smallest absolute Gasteiger partial charge is 0.229 e. The number of piperidine rings is 1. The van der Waals surface area contributed by atoms with Crippen LogP contribution >= 0.6 is 22.7 Å². The molecule has 2 N–H and O–H groups in total. The fourth-order valence-electron chi connectivity index (χ4n) is 2.16. The van der Waals surface area contributed by atoms with Gasteiger partial charge >= 0.3 is 0 Å². The van der Waals surface area contributed by atoms with E-state index in [2.05, 4.69) is 15.6 Å². The molecule has 0 aliphatic carbocycles. The lowest BCUT2D eigenvalue weighted by atomic mass is 9.97. The van der Waals surface area contributed by atoms with Crippen LogP contribution in [0.2, 0.25) is 0 Å². The highest BCUT2D eigenvalue weighted by Crippen LogP contribution is 2.28. The van der Waals surface area contributed by atoms with Crippen LogP contribution < -0.4 is 10.6 Å². The maximum Gasteiger partial charge on any atom is 0.229 e. The number of aromatic nitrogens is 1. The zero-order chi connectivity index (χ0) is 13.1. The van der Waals surface area contributed by atoms with Crippen molar-refractivity contribution in [2.45, 2.75) is 12.8 Å². The van der Waals surface area contributed by atoms with Crippen molar-refractivity contribution in [1.82, 2.24) is 10.3 Å². The Bertz CT molecular complexity index is 544. The first-order valence-electron chi connectivity index (χ1n) is 6.34. The molecule has 6 heteroatoms. The summed E-state index contributed by atoms with van der Waals surface area (Å²) in [7, 11) is 0. The van der Waals surface area contributed by atoms with Crippen molar-refractivity contribution in [3.05, 3.63) is 22.9 Å². The van der Waals surface area contributed by atoms with Crippen LogP contribution in [0.25, 0.3) is 10.6 Å². The third-order valence-corrected chi connectivity index (χ3v) is 4.87. The van der Waals surface area contributed by atoms with Gasteiger partial charge in [0.1, 0.15) is 0 Å². The summed E-state index contributed by atoms with van der Waals surface area (Å²) in [5, 5.41) is 10.9. The number of nitrogens with one attached hydrogen (secondary N) is 2. The van der Waals surface area contributed by atoms with Crippen LogP contribution in [0.4, 0.5) is 5.13 Å². The average molecular weight is 293 g/mol. The Kier molecular flexibility index (Phi) is 3.91. The third-order valence-electron chi connectivity index (χ3n) is 3.22. The molecule has 1 fully saturated rings. The van der Waals surface area contributed by atoms with Crippen molar-refractivity contribution in [2.24, 2.45) is 5.92 Å². The molecule has 0 atom stereocenters. The monoisotopic (exact) mass is 293 g/mol. The molecule has 1 aliphatic heterocycles. The summed E-state index contributed by atoms with van der Waals surface area (Å²) in [4.78, 5) is 17.7. The second-order valence-electron chi connectivity index (χ2n) is 4.53. The Morgan fingerprint density at radius 2 is 2.21 bits per heavy atom. The number of carbonyl (C=O) groups excluding carboxylic acids is 1. The number of nitrogens with zero attached hydrogens (tertiary/aromatic N) is 1. The van der Waals surface area contributed by atoms with Gasteiger partial charge < -0.3 is 10.6 Å². The second kappa shape index (κ2) is 5.81. The summed E-state index contributed by atoms with van der Waals surface area (Å²) in [6.07, 6.45) is 1.82. The van der Waals surface area contributed by atoms with Gasteiger partial charge in [0.25, 0.3) is 0 Å². The first-order valence-corrected chi connectivity index (χ1v) is 8.10. The molecule has 1 amide bonds. The number of thiophene rings is 1. The van der Waals surface area contributed by atoms with Gasteiger partial charge in [0.05, 0.1) is 10.6 Å². The summed E-state index contributed by atoms with van der Waals surface area (Å²) in [6.45, 7) is 1.85. The Labute approximate surface area is 119 Å². The highest BCUT2D eigenvalue weighted by atomic mass is 32.1. The molecule has 1 saturated heterocycles. The molecule has 4 nitrogen and oxygen atoms in total. The van der Waals surface area contributed by atoms with Crippen LogP contribution in [0.3, 0.4) is 0 Å².